The molecular formula is C15H16N2O. The van der Waals surface area contributed by atoms with E-state index in [1.54, 1.807) is 0 Å². The van der Waals surface area contributed by atoms with Crippen molar-refractivity contribution in [3.05, 3.63) is 65.2 Å². The van der Waals surface area contributed by atoms with Crippen LogP contribution in [0.5, 0.6) is 5.75 Å². The van der Waals surface area contributed by atoms with Crippen LogP contribution in [-0.4, -0.2) is 5.84 Å². The molecule has 3 heteroatoms. The molecule has 92 valence electrons. The van der Waals surface area contributed by atoms with E-state index < -0.39 is 0 Å². The first-order valence-electron chi connectivity index (χ1n) is 5.78. The number of hydrogen-bond donors (Lipinski definition) is 2. The minimum absolute atomic E-state index is 0.0843. The summed E-state index contributed by atoms with van der Waals surface area (Å²) in [5.41, 5.74) is 8.40. The minimum atomic E-state index is 0.0843. The maximum atomic E-state index is 7.31. The molecule has 0 spiro atoms. The smallest absolute Gasteiger partial charge is 0.122 e. The van der Waals surface area contributed by atoms with Gasteiger partial charge in [-0.1, -0.05) is 42.0 Å². The van der Waals surface area contributed by atoms with E-state index in [1.165, 1.54) is 5.56 Å². The molecule has 2 aromatic carbocycles. The molecule has 0 amide bonds. The van der Waals surface area contributed by atoms with Crippen LogP contribution < -0.4 is 10.5 Å². The van der Waals surface area contributed by atoms with Crippen LogP contribution in [0.4, 0.5) is 0 Å². The van der Waals surface area contributed by atoms with Crippen molar-refractivity contribution in [2.24, 2.45) is 5.73 Å². The first-order valence-corrected chi connectivity index (χ1v) is 5.78. The van der Waals surface area contributed by atoms with Gasteiger partial charge in [-0.2, -0.15) is 0 Å². The fourth-order valence-corrected chi connectivity index (χ4v) is 1.58. The quantitative estimate of drug-likeness (QED) is 0.637. The van der Waals surface area contributed by atoms with Crippen LogP contribution in [0.25, 0.3) is 0 Å². The molecule has 0 unspecified atom stereocenters. The normalized spacial score (nSPS) is 10.1. The SMILES string of the molecule is Cc1ccc(OCc2ccc(C(=N)N)cc2)cc1. The molecule has 0 bridgehead atoms. The lowest BCUT2D eigenvalue weighted by Crippen LogP contribution is -2.10. The Balaban J connectivity index is 1.97. The number of rotatable bonds is 4. The fourth-order valence-electron chi connectivity index (χ4n) is 1.58. The van der Waals surface area contributed by atoms with Crippen LogP contribution in [0.1, 0.15) is 16.7 Å². The topological polar surface area (TPSA) is 59.1 Å². The first kappa shape index (κ1) is 12.2. The van der Waals surface area contributed by atoms with Gasteiger partial charge in [0.15, 0.2) is 0 Å². The monoisotopic (exact) mass is 240 g/mol. The van der Waals surface area contributed by atoms with Crippen molar-refractivity contribution < 1.29 is 4.74 Å². The molecule has 0 aromatic heterocycles. The van der Waals surface area contributed by atoms with E-state index in [0.29, 0.717) is 6.61 Å². The van der Waals surface area contributed by atoms with Gasteiger partial charge >= 0.3 is 0 Å². The molecule has 0 aliphatic heterocycles. The second-order valence-electron chi connectivity index (χ2n) is 4.21. The Morgan fingerprint density at radius 2 is 1.67 bits per heavy atom. The summed E-state index contributed by atoms with van der Waals surface area (Å²) in [5.74, 6) is 0.942. The Hall–Kier alpha value is -2.29. The van der Waals surface area contributed by atoms with Crippen molar-refractivity contribution in [1.82, 2.24) is 0 Å². The second kappa shape index (κ2) is 5.36. The van der Waals surface area contributed by atoms with Crippen molar-refractivity contribution >= 4 is 5.84 Å². The van der Waals surface area contributed by atoms with Crippen molar-refractivity contribution in [3.8, 4) is 5.75 Å². The van der Waals surface area contributed by atoms with Crippen LogP contribution in [0.15, 0.2) is 48.5 Å². The Labute approximate surface area is 107 Å². The molecule has 3 nitrogen and oxygen atoms in total. The summed E-state index contributed by atoms with van der Waals surface area (Å²) in [5, 5.41) is 7.31. The van der Waals surface area contributed by atoms with E-state index >= 15 is 0 Å². The summed E-state index contributed by atoms with van der Waals surface area (Å²) < 4.78 is 5.66. The molecule has 0 atom stereocenters. The molecule has 0 aliphatic rings. The van der Waals surface area contributed by atoms with Gasteiger partial charge in [0.1, 0.15) is 18.2 Å². The molecule has 0 saturated heterocycles. The summed E-state index contributed by atoms with van der Waals surface area (Å²) >= 11 is 0. The highest BCUT2D eigenvalue weighted by Crippen LogP contribution is 2.14. The van der Waals surface area contributed by atoms with Crippen LogP contribution >= 0.6 is 0 Å². The molecule has 2 rings (SSSR count). The standard InChI is InChI=1S/C15H16N2O/c1-11-2-8-14(9-3-11)18-10-12-4-6-13(7-5-12)15(16)17/h2-9H,10H2,1H3,(H3,16,17). The molecule has 0 fully saturated rings. The fraction of sp³-hybridized carbons (Fsp3) is 0.133. The summed E-state index contributed by atoms with van der Waals surface area (Å²) in [6, 6.07) is 15.5. The zero-order valence-corrected chi connectivity index (χ0v) is 10.3. The van der Waals surface area contributed by atoms with Gasteiger partial charge in [-0.3, -0.25) is 5.41 Å². The highest BCUT2D eigenvalue weighted by Gasteiger charge is 1.98. The lowest BCUT2D eigenvalue weighted by molar-refractivity contribution is 0.306. The summed E-state index contributed by atoms with van der Waals surface area (Å²) in [6.07, 6.45) is 0. The van der Waals surface area contributed by atoms with E-state index in [-0.39, 0.29) is 5.84 Å². The highest BCUT2D eigenvalue weighted by molar-refractivity contribution is 5.94. The number of nitrogens with one attached hydrogen (secondary N) is 1. The van der Waals surface area contributed by atoms with Crippen LogP contribution in [0.3, 0.4) is 0 Å². The summed E-state index contributed by atoms with van der Waals surface area (Å²) in [7, 11) is 0. The first-order chi connectivity index (χ1) is 8.65. The number of nitrogen functional groups attached to an aromatic ring is 1. The number of ether oxygens (including phenoxy) is 1. The van der Waals surface area contributed by atoms with E-state index in [0.717, 1.165) is 16.9 Å². The van der Waals surface area contributed by atoms with Crippen LogP contribution in [0, 0.1) is 12.3 Å². The van der Waals surface area contributed by atoms with Gasteiger partial charge in [0.2, 0.25) is 0 Å². The third-order valence-electron chi connectivity index (χ3n) is 2.69. The lowest BCUT2D eigenvalue weighted by Gasteiger charge is -2.07. The third-order valence-corrected chi connectivity index (χ3v) is 2.69. The zero-order valence-electron chi connectivity index (χ0n) is 10.3. The van der Waals surface area contributed by atoms with Gasteiger partial charge < -0.3 is 10.5 Å². The van der Waals surface area contributed by atoms with Crippen molar-refractivity contribution in [2.45, 2.75) is 13.5 Å². The molecule has 0 saturated carbocycles. The van der Waals surface area contributed by atoms with Crippen molar-refractivity contribution in [3.63, 3.8) is 0 Å². The molecule has 2 aromatic rings. The maximum Gasteiger partial charge on any atom is 0.122 e. The summed E-state index contributed by atoms with van der Waals surface area (Å²) in [6.45, 7) is 2.56. The van der Waals surface area contributed by atoms with Crippen LogP contribution in [0.2, 0.25) is 0 Å². The van der Waals surface area contributed by atoms with Gasteiger partial charge in [0.05, 0.1) is 0 Å². The Morgan fingerprint density at radius 3 is 2.22 bits per heavy atom. The molecule has 3 N–H and O–H groups in total. The molecule has 0 heterocycles. The summed E-state index contributed by atoms with van der Waals surface area (Å²) in [4.78, 5) is 0. The molecular weight excluding hydrogens is 224 g/mol. The Kier molecular flexibility index (Phi) is 3.63. The minimum Gasteiger partial charge on any atom is -0.489 e. The zero-order chi connectivity index (χ0) is 13.0. The molecule has 0 radical (unpaired) electrons. The predicted molar refractivity (Wildman–Crippen MR) is 73.0 cm³/mol. The van der Waals surface area contributed by atoms with Crippen molar-refractivity contribution in [2.75, 3.05) is 0 Å². The Morgan fingerprint density at radius 1 is 1.06 bits per heavy atom. The Bertz CT molecular complexity index is 529. The largest absolute Gasteiger partial charge is 0.489 e. The van der Waals surface area contributed by atoms with E-state index in [2.05, 4.69) is 0 Å². The highest BCUT2D eigenvalue weighted by atomic mass is 16.5. The third kappa shape index (κ3) is 3.10. The number of benzene rings is 2. The van der Waals surface area contributed by atoms with Gasteiger partial charge in [0.25, 0.3) is 0 Å². The number of aryl methyl sites for hydroxylation is 1. The van der Waals surface area contributed by atoms with E-state index in [9.17, 15) is 0 Å². The molecule has 18 heavy (non-hydrogen) atoms. The number of hydrogen-bond acceptors (Lipinski definition) is 2. The maximum absolute atomic E-state index is 7.31. The van der Waals surface area contributed by atoms with Gasteiger partial charge in [0, 0.05) is 5.56 Å². The number of nitrogens with two attached hydrogens (primary N) is 1. The van der Waals surface area contributed by atoms with Gasteiger partial charge in [-0.25, -0.2) is 0 Å². The van der Waals surface area contributed by atoms with Gasteiger partial charge in [-0.15, -0.1) is 0 Å². The molecule has 0 aliphatic carbocycles. The predicted octanol–water partition coefficient (Wildman–Crippen LogP) is 2.86. The van der Waals surface area contributed by atoms with Gasteiger partial charge in [-0.05, 0) is 24.6 Å². The van der Waals surface area contributed by atoms with E-state index in [1.807, 2.05) is 55.5 Å². The second-order valence-corrected chi connectivity index (χ2v) is 4.21. The average Bonchev–Trinajstić information content (AvgIpc) is 2.38. The average molecular weight is 240 g/mol. The van der Waals surface area contributed by atoms with E-state index in [4.69, 9.17) is 15.9 Å². The number of amidine groups is 1. The lowest BCUT2D eigenvalue weighted by atomic mass is 10.1. The van der Waals surface area contributed by atoms with Crippen molar-refractivity contribution in [1.29, 1.82) is 5.41 Å². The van der Waals surface area contributed by atoms with Crippen LogP contribution in [-0.2, 0) is 6.61 Å².